The maximum Gasteiger partial charge on any atom is 0.224 e. The monoisotopic (exact) mass is 340 g/mol. The minimum Gasteiger partial charge on any atom is -0.495 e. The van der Waals surface area contributed by atoms with Crippen molar-refractivity contribution in [1.82, 2.24) is 5.32 Å². The number of hydrogen-bond acceptors (Lipinski definition) is 3. The zero-order valence-electron chi connectivity index (χ0n) is 11.7. The van der Waals surface area contributed by atoms with Gasteiger partial charge in [-0.1, -0.05) is 15.9 Å². The predicted octanol–water partition coefficient (Wildman–Crippen LogP) is 3.18. The van der Waals surface area contributed by atoms with E-state index >= 15 is 0 Å². The Kier molecular flexibility index (Phi) is 5.86. The number of hydrogen-bond donors (Lipinski definition) is 2. The number of ether oxygens (including phenoxy) is 1. The molecule has 0 bridgehead atoms. The third kappa shape index (κ3) is 4.49. The van der Waals surface area contributed by atoms with E-state index in [1.54, 1.807) is 7.11 Å². The summed E-state index contributed by atoms with van der Waals surface area (Å²) in [5.74, 6) is 1.35. The van der Waals surface area contributed by atoms with Crippen molar-refractivity contribution in [3.05, 3.63) is 22.7 Å². The van der Waals surface area contributed by atoms with Crippen LogP contribution in [0.2, 0.25) is 0 Å². The molecule has 0 radical (unpaired) electrons. The minimum absolute atomic E-state index is 0.0481. The molecule has 0 spiro atoms. The second-order valence-corrected chi connectivity index (χ2v) is 6.06. The van der Waals surface area contributed by atoms with Gasteiger partial charge in [0, 0.05) is 10.9 Å². The molecule has 0 aromatic heterocycles. The molecule has 4 nitrogen and oxygen atoms in total. The van der Waals surface area contributed by atoms with Gasteiger partial charge in [0.05, 0.1) is 12.8 Å². The van der Waals surface area contributed by atoms with Crippen LogP contribution in [0.25, 0.3) is 0 Å². The summed E-state index contributed by atoms with van der Waals surface area (Å²) in [4.78, 5) is 12.0. The van der Waals surface area contributed by atoms with Crippen LogP contribution in [-0.4, -0.2) is 26.1 Å². The van der Waals surface area contributed by atoms with Gasteiger partial charge in [-0.05, 0) is 56.5 Å². The van der Waals surface area contributed by atoms with Crippen molar-refractivity contribution in [2.45, 2.75) is 25.7 Å². The van der Waals surface area contributed by atoms with Crippen LogP contribution in [-0.2, 0) is 4.79 Å². The molecule has 1 unspecified atom stereocenters. The lowest BCUT2D eigenvalue weighted by Crippen LogP contribution is -2.30. The van der Waals surface area contributed by atoms with Crippen LogP contribution in [0.4, 0.5) is 5.69 Å². The molecule has 0 aliphatic carbocycles. The van der Waals surface area contributed by atoms with Gasteiger partial charge in [-0.25, -0.2) is 0 Å². The SMILES string of the molecule is COc1ccc(Br)cc1NC(=O)CCC1CCCNC1. The molecule has 0 saturated carbocycles. The molecule has 20 heavy (non-hydrogen) atoms. The second kappa shape index (κ2) is 7.64. The Morgan fingerprint density at radius 3 is 3.10 bits per heavy atom. The smallest absolute Gasteiger partial charge is 0.224 e. The van der Waals surface area contributed by atoms with E-state index in [1.165, 1.54) is 12.8 Å². The van der Waals surface area contributed by atoms with Crippen LogP contribution in [0.15, 0.2) is 22.7 Å². The van der Waals surface area contributed by atoms with Crippen molar-refractivity contribution in [3.8, 4) is 5.75 Å². The average molecular weight is 341 g/mol. The largest absolute Gasteiger partial charge is 0.495 e. The van der Waals surface area contributed by atoms with Crippen molar-refractivity contribution >= 4 is 27.5 Å². The minimum atomic E-state index is 0.0481. The number of nitrogens with one attached hydrogen (secondary N) is 2. The third-order valence-electron chi connectivity index (χ3n) is 3.61. The number of carbonyl (C=O) groups excluding carboxylic acids is 1. The van der Waals surface area contributed by atoms with Gasteiger partial charge in [-0.3, -0.25) is 4.79 Å². The van der Waals surface area contributed by atoms with E-state index in [4.69, 9.17) is 4.74 Å². The number of carbonyl (C=O) groups is 1. The number of methoxy groups -OCH3 is 1. The number of anilines is 1. The normalized spacial score (nSPS) is 18.6. The molecule has 5 heteroatoms. The van der Waals surface area contributed by atoms with E-state index < -0.39 is 0 Å². The number of piperidine rings is 1. The molecular weight excluding hydrogens is 320 g/mol. The molecule has 110 valence electrons. The summed E-state index contributed by atoms with van der Waals surface area (Å²) in [6.45, 7) is 2.14. The lowest BCUT2D eigenvalue weighted by molar-refractivity contribution is -0.116. The van der Waals surface area contributed by atoms with E-state index in [0.29, 0.717) is 23.8 Å². The van der Waals surface area contributed by atoms with E-state index in [2.05, 4.69) is 26.6 Å². The van der Waals surface area contributed by atoms with Crippen LogP contribution in [0.5, 0.6) is 5.75 Å². The number of halogens is 1. The molecule has 1 aliphatic rings. The zero-order valence-corrected chi connectivity index (χ0v) is 13.3. The topological polar surface area (TPSA) is 50.4 Å². The summed E-state index contributed by atoms with van der Waals surface area (Å²) in [6, 6.07) is 5.59. The molecule has 1 amide bonds. The summed E-state index contributed by atoms with van der Waals surface area (Å²) in [5.41, 5.74) is 0.716. The number of amides is 1. The van der Waals surface area contributed by atoms with Gasteiger partial charge in [0.15, 0.2) is 0 Å². The summed E-state index contributed by atoms with van der Waals surface area (Å²) < 4.78 is 6.17. The third-order valence-corrected chi connectivity index (χ3v) is 4.11. The Morgan fingerprint density at radius 1 is 1.55 bits per heavy atom. The maximum absolute atomic E-state index is 12.0. The summed E-state index contributed by atoms with van der Waals surface area (Å²) in [7, 11) is 1.60. The van der Waals surface area contributed by atoms with Crippen molar-refractivity contribution in [1.29, 1.82) is 0 Å². The van der Waals surface area contributed by atoms with Gasteiger partial charge < -0.3 is 15.4 Å². The second-order valence-electron chi connectivity index (χ2n) is 5.14. The van der Waals surface area contributed by atoms with E-state index in [0.717, 1.165) is 24.0 Å². The Balaban J connectivity index is 1.86. The van der Waals surface area contributed by atoms with Crippen molar-refractivity contribution < 1.29 is 9.53 Å². The predicted molar refractivity (Wildman–Crippen MR) is 84.2 cm³/mol. The summed E-state index contributed by atoms with van der Waals surface area (Å²) in [6.07, 6.45) is 3.93. The molecule has 1 aliphatic heterocycles. The van der Waals surface area contributed by atoms with Crippen LogP contribution >= 0.6 is 15.9 Å². The Bertz CT molecular complexity index is 459. The van der Waals surface area contributed by atoms with Gasteiger partial charge in [0.25, 0.3) is 0 Å². The molecule has 1 aromatic rings. The molecular formula is C15H21BrN2O2. The molecule has 1 fully saturated rings. The first-order valence-electron chi connectivity index (χ1n) is 7.03. The highest BCUT2D eigenvalue weighted by molar-refractivity contribution is 9.10. The summed E-state index contributed by atoms with van der Waals surface area (Å²) in [5, 5.41) is 6.30. The Hall–Kier alpha value is -1.07. The average Bonchev–Trinajstić information content (AvgIpc) is 2.46. The number of rotatable bonds is 5. The summed E-state index contributed by atoms with van der Waals surface area (Å²) >= 11 is 3.40. The molecule has 1 aromatic carbocycles. The van der Waals surface area contributed by atoms with Gasteiger partial charge in [-0.2, -0.15) is 0 Å². The first-order chi connectivity index (χ1) is 9.69. The van der Waals surface area contributed by atoms with Crippen LogP contribution in [0, 0.1) is 5.92 Å². The van der Waals surface area contributed by atoms with Gasteiger partial charge in [-0.15, -0.1) is 0 Å². The molecule has 1 atom stereocenters. The number of benzene rings is 1. The van der Waals surface area contributed by atoms with E-state index in [9.17, 15) is 4.79 Å². The van der Waals surface area contributed by atoms with Gasteiger partial charge >= 0.3 is 0 Å². The van der Waals surface area contributed by atoms with Crippen molar-refractivity contribution in [2.24, 2.45) is 5.92 Å². The van der Waals surface area contributed by atoms with Crippen molar-refractivity contribution in [3.63, 3.8) is 0 Å². The lowest BCUT2D eigenvalue weighted by Gasteiger charge is -2.22. The lowest BCUT2D eigenvalue weighted by atomic mass is 9.94. The fraction of sp³-hybridized carbons (Fsp3) is 0.533. The van der Waals surface area contributed by atoms with Crippen LogP contribution in [0.3, 0.4) is 0 Å². The Morgan fingerprint density at radius 2 is 2.40 bits per heavy atom. The quantitative estimate of drug-likeness (QED) is 0.865. The molecule has 2 rings (SSSR count). The standard InChI is InChI=1S/C15H21BrN2O2/c1-20-14-6-5-12(16)9-13(14)18-15(19)7-4-11-3-2-8-17-10-11/h5-6,9,11,17H,2-4,7-8,10H2,1H3,(H,18,19). The first kappa shape index (κ1) is 15.3. The zero-order chi connectivity index (χ0) is 14.4. The highest BCUT2D eigenvalue weighted by Gasteiger charge is 2.15. The molecule has 1 heterocycles. The van der Waals surface area contributed by atoms with Crippen LogP contribution in [0.1, 0.15) is 25.7 Å². The maximum atomic E-state index is 12.0. The van der Waals surface area contributed by atoms with Gasteiger partial charge in [0.1, 0.15) is 5.75 Å². The fourth-order valence-corrected chi connectivity index (χ4v) is 2.86. The van der Waals surface area contributed by atoms with Crippen LogP contribution < -0.4 is 15.4 Å². The molecule has 1 saturated heterocycles. The van der Waals surface area contributed by atoms with E-state index in [-0.39, 0.29) is 5.91 Å². The highest BCUT2D eigenvalue weighted by Crippen LogP contribution is 2.28. The van der Waals surface area contributed by atoms with E-state index in [1.807, 2.05) is 18.2 Å². The van der Waals surface area contributed by atoms with Gasteiger partial charge in [0.2, 0.25) is 5.91 Å². The Labute approximate surface area is 128 Å². The first-order valence-corrected chi connectivity index (χ1v) is 7.82. The molecule has 2 N–H and O–H groups in total. The van der Waals surface area contributed by atoms with Crippen molar-refractivity contribution in [2.75, 3.05) is 25.5 Å². The highest BCUT2D eigenvalue weighted by atomic mass is 79.9. The fourth-order valence-electron chi connectivity index (χ4n) is 2.50.